The van der Waals surface area contributed by atoms with E-state index in [1.165, 1.54) is 0 Å². The second kappa shape index (κ2) is 8.01. The summed E-state index contributed by atoms with van der Waals surface area (Å²) in [6.07, 6.45) is 0.433. The Morgan fingerprint density at radius 1 is 1.25 bits per heavy atom. The Labute approximate surface area is 141 Å². The predicted molar refractivity (Wildman–Crippen MR) is 86.4 cm³/mol. The van der Waals surface area contributed by atoms with Gasteiger partial charge in [0, 0.05) is 25.3 Å². The largest absolute Gasteiger partial charge is 0.497 e. The molecule has 0 saturated carbocycles. The molecule has 1 heterocycles. The molecule has 1 saturated heterocycles. The monoisotopic (exact) mass is 337 g/mol. The molecule has 24 heavy (non-hydrogen) atoms. The molecular weight excluding hydrogens is 314 g/mol. The van der Waals surface area contributed by atoms with Crippen LogP contribution in [0, 0.1) is 0 Å². The predicted octanol–water partition coefficient (Wildman–Crippen LogP) is 1.34. The molecule has 1 aromatic rings. The van der Waals surface area contributed by atoms with Crippen LogP contribution in [0.3, 0.4) is 0 Å². The lowest BCUT2D eigenvalue weighted by Crippen LogP contribution is -2.38. The van der Waals surface area contributed by atoms with Crippen LogP contribution in [0.15, 0.2) is 18.2 Å². The van der Waals surface area contributed by atoms with E-state index in [-0.39, 0.29) is 30.9 Å². The van der Waals surface area contributed by atoms with Crippen LogP contribution in [0.1, 0.15) is 18.4 Å². The van der Waals surface area contributed by atoms with Crippen molar-refractivity contribution in [2.45, 2.75) is 31.4 Å². The van der Waals surface area contributed by atoms with Gasteiger partial charge in [-0.15, -0.1) is 0 Å². The maximum atomic E-state index is 12.7. The van der Waals surface area contributed by atoms with Gasteiger partial charge in [0.25, 0.3) is 0 Å². The second-order valence-electron chi connectivity index (χ2n) is 5.75. The highest BCUT2D eigenvalue weighted by molar-refractivity contribution is 5.81. The van der Waals surface area contributed by atoms with E-state index >= 15 is 0 Å². The van der Waals surface area contributed by atoms with Crippen LogP contribution < -0.4 is 9.47 Å². The number of carboxylic acids is 1. The normalized spacial score (nSPS) is 20.0. The zero-order valence-corrected chi connectivity index (χ0v) is 14.2. The second-order valence-corrected chi connectivity index (χ2v) is 5.75. The van der Waals surface area contributed by atoms with Crippen molar-refractivity contribution in [3.63, 3.8) is 0 Å². The number of carbonyl (C=O) groups excluding carboxylic acids is 1. The van der Waals surface area contributed by atoms with Gasteiger partial charge in [0.15, 0.2) is 0 Å². The molecule has 7 heteroatoms. The summed E-state index contributed by atoms with van der Waals surface area (Å²) in [5, 5.41) is 9.06. The average molecular weight is 337 g/mol. The van der Waals surface area contributed by atoms with E-state index in [4.69, 9.17) is 19.3 Å². The molecule has 0 spiro atoms. The van der Waals surface area contributed by atoms with E-state index in [9.17, 15) is 9.59 Å². The summed E-state index contributed by atoms with van der Waals surface area (Å²) in [4.78, 5) is 25.4. The van der Waals surface area contributed by atoms with Crippen molar-refractivity contribution in [3.05, 3.63) is 23.8 Å². The standard InChI is InChI=1S/C17H23NO6/c1-22-13-4-5-15(24-3)11(6-13)7-16(19)18-10-14(23-2)8-12(18)9-17(20)21/h4-6,12,14H,7-10H2,1-3H3,(H,20,21). The Kier molecular flexibility index (Phi) is 6.03. The maximum absolute atomic E-state index is 12.7. The molecule has 1 amide bonds. The molecule has 0 aromatic heterocycles. The molecule has 2 unspecified atom stereocenters. The Hall–Kier alpha value is -2.28. The van der Waals surface area contributed by atoms with E-state index in [2.05, 4.69) is 0 Å². The topological polar surface area (TPSA) is 85.3 Å². The van der Waals surface area contributed by atoms with Crippen molar-refractivity contribution in [2.75, 3.05) is 27.9 Å². The van der Waals surface area contributed by atoms with Crippen molar-refractivity contribution < 1.29 is 28.9 Å². The van der Waals surface area contributed by atoms with Crippen LogP contribution in [-0.4, -0.2) is 61.9 Å². The first kappa shape index (κ1) is 18.1. The van der Waals surface area contributed by atoms with E-state index in [0.29, 0.717) is 30.0 Å². The summed E-state index contributed by atoms with van der Waals surface area (Å²) in [5.41, 5.74) is 0.705. The number of carboxylic acid groups (broad SMARTS) is 1. The van der Waals surface area contributed by atoms with Gasteiger partial charge >= 0.3 is 5.97 Å². The van der Waals surface area contributed by atoms with Gasteiger partial charge in [-0.2, -0.15) is 0 Å². The molecule has 2 atom stereocenters. The number of rotatable bonds is 7. The molecule has 1 fully saturated rings. The first-order chi connectivity index (χ1) is 11.5. The number of methoxy groups -OCH3 is 3. The van der Waals surface area contributed by atoms with Gasteiger partial charge in [-0.05, 0) is 24.6 Å². The van der Waals surface area contributed by atoms with Crippen LogP contribution in [0.2, 0.25) is 0 Å². The molecule has 1 aromatic carbocycles. The summed E-state index contributed by atoms with van der Waals surface area (Å²) in [6.45, 7) is 0.402. The third-order valence-electron chi connectivity index (χ3n) is 4.27. The summed E-state index contributed by atoms with van der Waals surface area (Å²) >= 11 is 0. The highest BCUT2D eigenvalue weighted by Gasteiger charge is 2.36. The first-order valence-corrected chi connectivity index (χ1v) is 7.73. The van der Waals surface area contributed by atoms with Crippen LogP contribution in [0.25, 0.3) is 0 Å². The number of hydrogen-bond acceptors (Lipinski definition) is 5. The van der Waals surface area contributed by atoms with Crippen molar-refractivity contribution >= 4 is 11.9 Å². The zero-order chi connectivity index (χ0) is 17.7. The smallest absolute Gasteiger partial charge is 0.305 e. The average Bonchev–Trinajstić information content (AvgIpc) is 2.97. The molecule has 1 aliphatic rings. The minimum Gasteiger partial charge on any atom is -0.497 e. The summed E-state index contributed by atoms with van der Waals surface area (Å²) in [5.74, 6) is 0.166. The number of likely N-dealkylation sites (tertiary alicyclic amines) is 1. The van der Waals surface area contributed by atoms with Gasteiger partial charge < -0.3 is 24.2 Å². The third-order valence-corrected chi connectivity index (χ3v) is 4.27. The third kappa shape index (κ3) is 4.17. The maximum Gasteiger partial charge on any atom is 0.305 e. The Morgan fingerprint density at radius 3 is 2.58 bits per heavy atom. The number of hydrogen-bond donors (Lipinski definition) is 1. The molecule has 2 rings (SSSR count). The minimum absolute atomic E-state index is 0.0825. The van der Waals surface area contributed by atoms with Gasteiger partial charge in [-0.25, -0.2) is 0 Å². The molecule has 0 aliphatic carbocycles. The molecule has 1 aliphatic heterocycles. The number of carbonyl (C=O) groups is 2. The van der Waals surface area contributed by atoms with Gasteiger partial charge in [-0.3, -0.25) is 9.59 Å². The molecular formula is C17H23NO6. The lowest BCUT2D eigenvalue weighted by molar-refractivity contribution is -0.139. The molecule has 132 valence electrons. The Balaban J connectivity index is 2.16. The fraction of sp³-hybridized carbons (Fsp3) is 0.529. The van der Waals surface area contributed by atoms with E-state index in [0.717, 1.165) is 0 Å². The van der Waals surface area contributed by atoms with Crippen molar-refractivity contribution in [1.82, 2.24) is 4.90 Å². The Bertz CT molecular complexity index is 603. The van der Waals surface area contributed by atoms with E-state index in [1.54, 1.807) is 44.4 Å². The SMILES string of the molecule is COc1ccc(OC)c(CC(=O)N2CC(OC)CC2CC(=O)O)c1. The van der Waals surface area contributed by atoms with Gasteiger partial charge in [-0.1, -0.05) is 0 Å². The lowest BCUT2D eigenvalue weighted by atomic mass is 10.1. The van der Waals surface area contributed by atoms with Gasteiger partial charge in [0.2, 0.25) is 5.91 Å². The van der Waals surface area contributed by atoms with Crippen LogP contribution in [0.4, 0.5) is 0 Å². The van der Waals surface area contributed by atoms with Crippen LogP contribution in [0.5, 0.6) is 11.5 Å². The minimum atomic E-state index is -0.923. The van der Waals surface area contributed by atoms with Crippen molar-refractivity contribution in [3.8, 4) is 11.5 Å². The van der Waals surface area contributed by atoms with Crippen LogP contribution in [-0.2, 0) is 20.7 Å². The molecule has 0 bridgehead atoms. The number of amides is 1. The summed E-state index contributed by atoms with van der Waals surface area (Å²) in [6, 6.07) is 4.92. The van der Waals surface area contributed by atoms with Crippen molar-refractivity contribution in [2.24, 2.45) is 0 Å². The fourth-order valence-electron chi connectivity index (χ4n) is 3.03. The van der Waals surface area contributed by atoms with Gasteiger partial charge in [0.05, 0.1) is 33.2 Å². The number of nitrogens with zero attached hydrogens (tertiary/aromatic N) is 1. The number of benzene rings is 1. The first-order valence-electron chi connectivity index (χ1n) is 7.73. The lowest BCUT2D eigenvalue weighted by Gasteiger charge is -2.23. The number of aliphatic carboxylic acids is 1. The number of ether oxygens (including phenoxy) is 3. The van der Waals surface area contributed by atoms with E-state index < -0.39 is 5.97 Å². The highest BCUT2D eigenvalue weighted by atomic mass is 16.5. The van der Waals surface area contributed by atoms with E-state index in [1.807, 2.05) is 0 Å². The highest BCUT2D eigenvalue weighted by Crippen LogP contribution is 2.28. The molecule has 0 radical (unpaired) electrons. The molecule has 7 nitrogen and oxygen atoms in total. The van der Waals surface area contributed by atoms with Crippen molar-refractivity contribution in [1.29, 1.82) is 0 Å². The summed E-state index contributed by atoms with van der Waals surface area (Å²) in [7, 11) is 4.67. The van der Waals surface area contributed by atoms with Gasteiger partial charge in [0.1, 0.15) is 11.5 Å². The Morgan fingerprint density at radius 2 is 2.00 bits per heavy atom. The quantitative estimate of drug-likeness (QED) is 0.808. The zero-order valence-electron chi connectivity index (χ0n) is 14.2. The summed E-state index contributed by atoms with van der Waals surface area (Å²) < 4.78 is 15.8. The fourth-order valence-corrected chi connectivity index (χ4v) is 3.03. The van der Waals surface area contributed by atoms with Crippen LogP contribution >= 0.6 is 0 Å². The molecule has 1 N–H and O–H groups in total.